The summed E-state index contributed by atoms with van der Waals surface area (Å²) in [7, 11) is 0. The Labute approximate surface area is 113 Å². The maximum absolute atomic E-state index is 13.5. The average Bonchev–Trinajstić information content (AvgIpc) is 2.80. The van der Waals surface area contributed by atoms with Crippen molar-refractivity contribution in [2.45, 2.75) is 38.8 Å². The van der Waals surface area contributed by atoms with Gasteiger partial charge in [-0.2, -0.15) is 5.10 Å². The molecule has 2 rings (SSSR count). The van der Waals surface area contributed by atoms with Gasteiger partial charge in [-0.25, -0.2) is 4.39 Å². The minimum absolute atomic E-state index is 0.118. The summed E-state index contributed by atoms with van der Waals surface area (Å²) in [5.74, 6) is -0.189. The lowest BCUT2D eigenvalue weighted by Gasteiger charge is -2.11. The van der Waals surface area contributed by atoms with Crippen molar-refractivity contribution in [3.63, 3.8) is 0 Å². The van der Waals surface area contributed by atoms with Gasteiger partial charge >= 0.3 is 0 Å². The lowest BCUT2D eigenvalue weighted by molar-refractivity contribution is 0.519. The monoisotopic (exact) mass is 261 g/mol. The van der Waals surface area contributed by atoms with E-state index in [0.717, 1.165) is 5.69 Å². The Morgan fingerprint density at radius 2 is 1.95 bits per heavy atom. The molecule has 19 heavy (non-hydrogen) atoms. The first kappa shape index (κ1) is 13.7. The van der Waals surface area contributed by atoms with Gasteiger partial charge in [0.15, 0.2) is 0 Å². The molecular weight excluding hydrogens is 241 g/mol. The number of rotatable bonds is 5. The van der Waals surface area contributed by atoms with E-state index in [9.17, 15) is 4.39 Å². The Morgan fingerprint density at radius 1 is 1.21 bits per heavy atom. The summed E-state index contributed by atoms with van der Waals surface area (Å²) in [5.41, 5.74) is 7.70. The normalized spacial score (nSPS) is 12.9. The molecule has 1 atom stereocenters. The van der Waals surface area contributed by atoms with Crippen LogP contribution in [-0.2, 0) is 12.8 Å². The highest BCUT2D eigenvalue weighted by molar-refractivity contribution is 5.19. The summed E-state index contributed by atoms with van der Waals surface area (Å²) in [6, 6.07) is 8.97. The third-order valence-corrected chi connectivity index (χ3v) is 3.10. The van der Waals surface area contributed by atoms with Crippen LogP contribution in [0.15, 0.2) is 36.5 Å². The molecule has 0 radical (unpaired) electrons. The molecule has 1 aromatic heterocycles. The van der Waals surface area contributed by atoms with Crippen LogP contribution in [0.25, 0.3) is 0 Å². The largest absolute Gasteiger partial charge is 0.327 e. The van der Waals surface area contributed by atoms with Gasteiger partial charge in [0.05, 0.1) is 5.69 Å². The van der Waals surface area contributed by atoms with E-state index in [0.29, 0.717) is 24.4 Å². The zero-order valence-corrected chi connectivity index (χ0v) is 11.4. The van der Waals surface area contributed by atoms with E-state index in [-0.39, 0.29) is 11.9 Å². The number of benzene rings is 1. The first-order valence-corrected chi connectivity index (χ1v) is 6.59. The van der Waals surface area contributed by atoms with E-state index >= 15 is 0 Å². The topological polar surface area (TPSA) is 43.8 Å². The molecule has 0 aliphatic rings. The maximum atomic E-state index is 13.5. The molecule has 0 fully saturated rings. The van der Waals surface area contributed by atoms with Crippen LogP contribution in [0.4, 0.5) is 4.39 Å². The molecule has 0 amide bonds. The molecule has 2 N–H and O–H groups in total. The van der Waals surface area contributed by atoms with Crippen molar-refractivity contribution in [3.8, 4) is 0 Å². The van der Waals surface area contributed by atoms with Gasteiger partial charge in [0.1, 0.15) is 5.82 Å². The zero-order valence-electron chi connectivity index (χ0n) is 11.4. The van der Waals surface area contributed by atoms with E-state index < -0.39 is 0 Å². The van der Waals surface area contributed by atoms with Gasteiger partial charge in [-0.05, 0) is 38.0 Å². The number of nitrogens with two attached hydrogens (primary N) is 1. The summed E-state index contributed by atoms with van der Waals surface area (Å²) in [6.07, 6.45) is 3.14. The van der Waals surface area contributed by atoms with Crippen LogP contribution in [0.5, 0.6) is 0 Å². The van der Waals surface area contributed by atoms with Gasteiger partial charge in [-0.1, -0.05) is 18.2 Å². The molecule has 4 heteroatoms. The van der Waals surface area contributed by atoms with Crippen molar-refractivity contribution in [1.82, 2.24) is 9.78 Å². The molecule has 1 unspecified atom stereocenters. The number of hydrogen-bond acceptors (Lipinski definition) is 2. The molecule has 102 valence electrons. The van der Waals surface area contributed by atoms with Gasteiger partial charge in [0, 0.05) is 24.7 Å². The number of nitrogens with zero attached hydrogens (tertiary/aromatic N) is 2. The highest BCUT2D eigenvalue weighted by Crippen LogP contribution is 2.11. The van der Waals surface area contributed by atoms with Crippen molar-refractivity contribution in [2.24, 2.45) is 5.73 Å². The first-order chi connectivity index (χ1) is 9.06. The Bertz CT molecular complexity index is 534. The van der Waals surface area contributed by atoms with Gasteiger partial charge in [-0.3, -0.25) is 4.68 Å². The fraction of sp³-hybridized carbons (Fsp3) is 0.400. The van der Waals surface area contributed by atoms with Gasteiger partial charge < -0.3 is 5.73 Å². The van der Waals surface area contributed by atoms with Crippen molar-refractivity contribution >= 4 is 0 Å². The van der Waals surface area contributed by atoms with Crippen molar-refractivity contribution in [3.05, 3.63) is 53.6 Å². The van der Waals surface area contributed by atoms with Crippen LogP contribution in [0.3, 0.4) is 0 Å². The fourth-order valence-electron chi connectivity index (χ4n) is 2.06. The minimum atomic E-state index is -0.189. The van der Waals surface area contributed by atoms with Crippen LogP contribution >= 0.6 is 0 Å². The second-order valence-corrected chi connectivity index (χ2v) is 5.14. The molecule has 1 heterocycles. The van der Waals surface area contributed by atoms with Gasteiger partial charge in [-0.15, -0.1) is 0 Å². The van der Waals surface area contributed by atoms with E-state index in [1.54, 1.807) is 12.1 Å². The molecule has 0 bridgehead atoms. The lowest BCUT2D eigenvalue weighted by Crippen LogP contribution is -2.26. The van der Waals surface area contributed by atoms with Crippen LogP contribution in [0, 0.1) is 5.82 Å². The quantitative estimate of drug-likeness (QED) is 0.899. The highest BCUT2D eigenvalue weighted by atomic mass is 19.1. The third-order valence-electron chi connectivity index (χ3n) is 3.10. The SMILES string of the molecule is CC(C)n1ccc(CC(N)Cc2ccccc2F)n1. The lowest BCUT2D eigenvalue weighted by atomic mass is 10.0. The van der Waals surface area contributed by atoms with Crippen LogP contribution in [-0.4, -0.2) is 15.8 Å². The number of aromatic nitrogens is 2. The summed E-state index contributed by atoms with van der Waals surface area (Å²) in [5, 5.41) is 4.46. The molecule has 2 aromatic rings. The van der Waals surface area contributed by atoms with E-state index in [1.807, 2.05) is 23.0 Å². The van der Waals surface area contributed by atoms with E-state index in [4.69, 9.17) is 5.73 Å². The summed E-state index contributed by atoms with van der Waals surface area (Å²) in [4.78, 5) is 0. The summed E-state index contributed by atoms with van der Waals surface area (Å²) < 4.78 is 15.4. The third kappa shape index (κ3) is 3.64. The van der Waals surface area contributed by atoms with Crippen molar-refractivity contribution in [2.75, 3.05) is 0 Å². The standard InChI is InChI=1S/C15H20FN3/c1-11(2)19-8-7-14(18-19)10-13(17)9-12-5-3-4-6-15(12)16/h3-8,11,13H,9-10,17H2,1-2H3. The van der Waals surface area contributed by atoms with Crippen LogP contribution in [0.1, 0.15) is 31.1 Å². The van der Waals surface area contributed by atoms with Gasteiger partial charge in [0.2, 0.25) is 0 Å². The predicted molar refractivity (Wildman–Crippen MR) is 74.4 cm³/mol. The van der Waals surface area contributed by atoms with E-state index in [2.05, 4.69) is 18.9 Å². The van der Waals surface area contributed by atoms with Crippen LogP contribution < -0.4 is 5.73 Å². The summed E-state index contributed by atoms with van der Waals surface area (Å²) >= 11 is 0. The predicted octanol–water partition coefficient (Wildman–Crippen LogP) is 2.72. The van der Waals surface area contributed by atoms with Gasteiger partial charge in [0.25, 0.3) is 0 Å². The zero-order chi connectivity index (χ0) is 13.8. The molecule has 3 nitrogen and oxygen atoms in total. The number of hydrogen-bond donors (Lipinski definition) is 1. The fourth-order valence-corrected chi connectivity index (χ4v) is 2.06. The Kier molecular flexibility index (Phi) is 4.32. The Morgan fingerprint density at radius 3 is 2.58 bits per heavy atom. The van der Waals surface area contributed by atoms with Crippen LogP contribution in [0.2, 0.25) is 0 Å². The minimum Gasteiger partial charge on any atom is -0.327 e. The molecule has 0 aliphatic carbocycles. The van der Waals surface area contributed by atoms with E-state index in [1.165, 1.54) is 6.07 Å². The Balaban J connectivity index is 1.97. The van der Waals surface area contributed by atoms with Crippen molar-refractivity contribution in [1.29, 1.82) is 0 Å². The first-order valence-electron chi connectivity index (χ1n) is 6.59. The molecule has 0 aliphatic heterocycles. The smallest absolute Gasteiger partial charge is 0.126 e. The highest BCUT2D eigenvalue weighted by Gasteiger charge is 2.11. The second-order valence-electron chi connectivity index (χ2n) is 5.14. The average molecular weight is 261 g/mol. The molecule has 0 spiro atoms. The summed E-state index contributed by atoms with van der Waals surface area (Å²) in [6.45, 7) is 4.16. The molecular formula is C15H20FN3. The second kappa shape index (κ2) is 5.97. The number of halogens is 1. The molecule has 0 saturated carbocycles. The van der Waals surface area contributed by atoms with Crippen molar-refractivity contribution < 1.29 is 4.39 Å². The Hall–Kier alpha value is -1.68. The maximum Gasteiger partial charge on any atom is 0.126 e. The molecule has 1 aromatic carbocycles. The molecule has 0 saturated heterocycles.